The van der Waals surface area contributed by atoms with Crippen LogP contribution in [0.5, 0.6) is 0 Å². The van der Waals surface area contributed by atoms with Gasteiger partial charge in [-0.2, -0.15) is 0 Å². The number of hydrogen-bond acceptors (Lipinski definition) is 2. The Morgan fingerprint density at radius 2 is 2.44 bits per heavy atom. The molecule has 1 N–H and O–H groups in total. The van der Waals surface area contributed by atoms with Crippen molar-refractivity contribution < 1.29 is 5.11 Å². The molecular weight excluding hydrogens is 229 g/mol. The molecule has 0 bridgehead atoms. The maximum atomic E-state index is 8.78. The molecule has 3 heteroatoms. The highest BCUT2D eigenvalue weighted by molar-refractivity contribution is 14.1. The van der Waals surface area contributed by atoms with Gasteiger partial charge in [0.15, 0.2) is 0 Å². The van der Waals surface area contributed by atoms with Crippen LogP contribution in [0, 0.1) is 5.92 Å². The second-order valence-electron chi connectivity index (χ2n) is 2.56. The Bertz CT molecular complexity index is 89.1. The Hall–Kier alpha value is 0.650. The van der Waals surface area contributed by atoms with E-state index in [1.807, 2.05) is 0 Å². The van der Waals surface area contributed by atoms with Crippen molar-refractivity contribution in [3.05, 3.63) is 0 Å². The van der Waals surface area contributed by atoms with E-state index in [0.717, 1.165) is 6.54 Å². The van der Waals surface area contributed by atoms with Crippen LogP contribution >= 0.6 is 22.9 Å². The van der Waals surface area contributed by atoms with Crippen LogP contribution in [0.2, 0.25) is 0 Å². The number of piperidine rings is 1. The van der Waals surface area contributed by atoms with Gasteiger partial charge in [0.05, 0.1) is 0 Å². The lowest BCUT2D eigenvalue weighted by molar-refractivity contribution is 0.177. The van der Waals surface area contributed by atoms with E-state index in [1.54, 1.807) is 0 Å². The third-order valence-corrected chi connectivity index (χ3v) is 2.60. The summed E-state index contributed by atoms with van der Waals surface area (Å²) in [5.74, 6) is 0.538. The third kappa shape index (κ3) is 2.39. The Kier molecular flexibility index (Phi) is 3.21. The highest BCUT2D eigenvalue weighted by Gasteiger charge is 2.16. The van der Waals surface area contributed by atoms with Crippen LogP contribution < -0.4 is 0 Å². The van der Waals surface area contributed by atoms with E-state index in [-0.39, 0.29) is 0 Å². The summed E-state index contributed by atoms with van der Waals surface area (Å²) < 4.78 is 2.25. The summed E-state index contributed by atoms with van der Waals surface area (Å²) in [5, 5.41) is 8.78. The average molecular weight is 241 g/mol. The minimum Gasteiger partial charge on any atom is -0.396 e. The first-order chi connectivity index (χ1) is 4.33. The molecule has 0 aromatic carbocycles. The summed E-state index contributed by atoms with van der Waals surface area (Å²) in [6.45, 7) is 2.62. The largest absolute Gasteiger partial charge is 0.396 e. The first-order valence-corrected chi connectivity index (χ1v) is 4.31. The van der Waals surface area contributed by atoms with Crippen LogP contribution in [0.15, 0.2) is 0 Å². The predicted molar refractivity (Wildman–Crippen MR) is 45.4 cm³/mol. The van der Waals surface area contributed by atoms with Gasteiger partial charge < -0.3 is 5.11 Å². The van der Waals surface area contributed by atoms with Crippen LogP contribution in [-0.4, -0.2) is 27.9 Å². The fourth-order valence-corrected chi connectivity index (χ4v) is 2.06. The summed E-state index contributed by atoms with van der Waals surface area (Å²) in [4.78, 5) is 0. The molecule has 1 aliphatic rings. The smallest absolute Gasteiger partial charge is 0.0471 e. The van der Waals surface area contributed by atoms with Crippen molar-refractivity contribution in [1.29, 1.82) is 0 Å². The number of aliphatic hydroxyl groups is 1. The van der Waals surface area contributed by atoms with E-state index >= 15 is 0 Å². The van der Waals surface area contributed by atoms with E-state index in [1.165, 1.54) is 19.4 Å². The lowest BCUT2D eigenvalue weighted by Crippen LogP contribution is -2.29. The van der Waals surface area contributed by atoms with Gasteiger partial charge in [-0.3, -0.25) is 0 Å². The molecular formula is C6H12INO. The summed E-state index contributed by atoms with van der Waals surface area (Å²) in [6.07, 6.45) is 2.45. The van der Waals surface area contributed by atoms with Crippen molar-refractivity contribution >= 4 is 22.9 Å². The molecule has 1 rings (SSSR count). The molecule has 0 aliphatic carbocycles. The Morgan fingerprint density at radius 1 is 1.67 bits per heavy atom. The second-order valence-corrected chi connectivity index (χ2v) is 3.92. The molecule has 1 aliphatic heterocycles. The molecule has 9 heavy (non-hydrogen) atoms. The molecule has 0 amide bonds. The highest BCUT2D eigenvalue weighted by atomic mass is 127. The normalized spacial score (nSPS) is 30.7. The first-order valence-electron chi connectivity index (χ1n) is 3.34. The fraction of sp³-hybridized carbons (Fsp3) is 1.00. The van der Waals surface area contributed by atoms with Gasteiger partial charge in [-0.15, -0.1) is 0 Å². The van der Waals surface area contributed by atoms with Gasteiger partial charge in [-0.1, -0.05) is 0 Å². The van der Waals surface area contributed by atoms with Crippen molar-refractivity contribution in [2.45, 2.75) is 12.8 Å². The molecule has 1 atom stereocenters. The molecule has 0 radical (unpaired) electrons. The van der Waals surface area contributed by atoms with E-state index in [0.29, 0.717) is 12.5 Å². The van der Waals surface area contributed by atoms with Gasteiger partial charge in [-0.05, 0) is 18.8 Å². The second kappa shape index (κ2) is 3.73. The minimum absolute atomic E-state index is 0.361. The van der Waals surface area contributed by atoms with Crippen LogP contribution in [0.4, 0.5) is 0 Å². The van der Waals surface area contributed by atoms with Crippen LogP contribution in [0.3, 0.4) is 0 Å². The summed E-state index contributed by atoms with van der Waals surface area (Å²) in [5.41, 5.74) is 0. The van der Waals surface area contributed by atoms with Gasteiger partial charge in [0.2, 0.25) is 0 Å². The zero-order valence-electron chi connectivity index (χ0n) is 5.39. The van der Waals surface area contributed by atoms with Crippen molar-refractivity contribution in [3.8, 4) is 0 Å². The van der Waals surface area contributed by atoms with Crippen molar-refractivity contribution in [3.63, 3.8) is 0 Å². The molecule has 0 spiro atoms. The molecule has 54 valence electrons. The zero-order chi connectivity index (χ0) is 6.69. The molecule has 1 heterocycles. The summed E-state index contributed by atoms with van der Waals surface area (Å²) in [7, 11) is 0. The SMILES string of the molecule is OC[C@@H]1CCCN(I)C1. The van der Waals surface area contributed by atoms with Crippen molar-refractivity contribution in [2.75, 3.05) is 19.7 Å². The average Bonchev–Trinajstić information content (AvgIpc) is 1.88. The number of rotatable bonds is 1. The molecule has 1 saturated heterocycles. The van der Waals surface area contributed by atoms with Crippen LogP contribution in [-0.2, 0) is 0 Å². The zero-order valence-corrected chi connectivity index (χ0v) is 7.54. The summed E-state index contributed by atoms with van der Waals surface area (Å²) in [6, 6.07) is 0. The van der Waals surface area contributed by atoms with E-state index in [2.05, 4.69) is 26.0 Å². The number of hydrogen-bond donors (Lipinski definition) is 1. The Morgan fingerprint density at radius 3 is 2.89 bits per heavy atom. The van der Waals surface area contributed by atoms with Gasteiger partial charge in [-0.25, -0.2) is 3.11 Å². The van der Waals surface area contributed by atoms with Crippen LogP contribution in [0.1, 0.15) is 12.8 Å². The predicted octanol–water partition coefficient (Wildman–Crippen LogP) is 1.04. The number of nitrogens with zero attached hydrogens (tertiary/aromatic N) is 1. The molecule has 0 saturated carbocycles. The number of aliphatic hydroxyl groups excluding tert-OH is 1. The first kappa shape index (κ1) is 7.75. The third-order valence-electron chi connectivity index (χ3n) is 1.73. The minimum atomic E-state index is 0.361. The Balaban J connectivity index is 2.23. The standard InChI is InChI=1S/C6H12INO/c7-8-3-1-2-6(4-8)5-9/h6,9H,1-5H2/t6-/m1/s1. The van der Waals surface area contributed by atoms with Crippen LogP contribution in [0.25, 0.3) is 0 Å². The molecule has 0 aromatic heterocycles. The molecule has 0 aromatic rings. The summed E-state index contributed by atoms with van der Waals surface area (Å²) >= 11 is 2.32. The van der Waals surface area contributed by atoms with E-state index in [4.69, 9.17) is 5.11 Å². The highest BCUT2D eigenvalue weighted by Crippen LogP contribution is 2.17. The molecule has 1 fully saturated rings. The lowest BCUT2D eigenvalue weighted by atomic mass is 10.0. The van der Waals surface area contributed by atoms with Gasteiger partial charge >= 0.3 is 0 Å². The van der Waals surface area contributed by atoms with Gasteiger partial charge in [0, 0.05) is 42.6 Å². The lowest BCUT2D eigenvalue weighted by Gasteiger charge is -2.26. The van der Waals surface area contributed by atoms with Crippen molar-refractivity contribution in [2.24, 2.45) is 5.92 Å². The molecule has 0 unspecified atom stereocenters. The quantitative estimate of drug-likeness (QED) is 0.547. The van der Waals surface area contributed by atoms with E-state index < -0.39 is 0 Å². The van der Waals surface area contributed by atoms with Gasteiger partial charge in [0.25, 0.3) is 0 Å². The maximum absolute atomic E-state index is 8.78. The number of halogens is 1. The maximum Gasteiger partial charge on any atom is 0.0471 e. The molecule has 2 nitrogen and oxygen atoms in total. The Labute approximate surface area is 69.7 Å². The van der Waals surface area contributed by atoms with Crippen molar-refractivity contribution in [1.82, 2.24) is 3.11 Å². The van der Waals surface area contributed by atoms with E-state index in [9.17, 15) is 0 Å². The van der Waals surface area contributed by atoms with Gasteiger partial charge in [0.1, 0.15) is 0 Å². The topological polar surface area (TPSA) is 23.5 Å². The monoisotopic (exact) mass is 241 g/mol. The fourth-order valence-electron chi connectivity index (χ4n) is 1.16.